The Morgan fingerprint density at radius 3 is 2.29 bits per heavy atom. The van der Waals surface area contributed by atoms with Crippen molar-refractivity contribution >= 4 is 5.71 Å². The first-order valence-electron chi connectivity index (χ1n) is 4.88. The first-order valence-corrected chi connectivity index (χ1v) is 4.88. The average Bonchev–Trinajstić information content (AvgIpc) is 2.14. The summed E-state index contributed by atoms with van der Waals surface area (Å²) in [6.45, 7) is 6.17. The Balaban J connectivity index is 3.09. The molecule has 0 bridgehead atoms. The highest BCUT2D eigenvalue weighted by molar-refractivity contribution is 6.05. The lowest BCUT2D eigenvalue weighted by molar-refractivity contribution is 0.154. The second kappa shape index (κ2) is 4.38. The number of aliphatic imine (C=N–C) groups is 1. The van der Waals surface area contributed by atoms with Gasteiger partial charge >= 0.3 is 0 Å². The summed E-state index contributed by atoms with van der Waals surface area (Å²) in [4.78, 5) is 4.33. The van der Waals surface area contributed by atoms with Crippen molar-refractivity contribution in [3.8, 4) is 0 Å². The number of hydrogen-bond donors (Lipinski definition) is 1. The number of hydrogen-bond acceptors (Lipinski definition) is 2. The molecule has 0 aliphatic rings. The Kier molecular flexibility index (Phi) is 3.42. The van der Waals surface area contributed by atoms with Crippen molar-refractivity contribution in [2.24, 2.45) is 4.99 Å². The molecule has 76 valence electrons. The lowest BCUT2D eigenvalue weighted by Gasteiger charge is -2.20. The summed E-state index contributed by atoms with van der Waals surface area (Å²) in [6.07, 6.45) is 0. The molecule has 0 spiro atoms. The Labute approximate surface area is 85.3 Å². The molecule has 1 rings (SSSR count). The molecule has 0 heterocycles. The smallest absolute Gasteiger partial charge is 0.101 e. The van der Waals surface area contributed by atoms with Gasteiger partial charge in [-0.2, -0.15) is 0 Å². The summed E-state index contributed by atoms with van der Waals surface area (Å²) in [6, 6.07) is 9.79. The van der Waals surface area contributed by atoms with Crippen molar-refractivity contribution in [2.45, 2.75) is 26.4 Å². The first kappa shape index (κ1) is 10.9. The largest absolute Gasteiger partial charge is 0.384 e. The van der Waals surface area contributed by atoms with Gasteiger partial charge in [-0.1, -0.05) is 30.3 Å². The molecule has 0 unspecified atom stereocenters. The van der Waals surface area contributed by atoms with Gasteiger partial charge in [0, 0.05) is 6.54 Å². The van der Waals surface area contributed by atoms with E-state index < -0.39 is 5.60 Å². The van der Waals surface area contributed by atoms with E-state index in [1.54, 1.807) is 13.8 Å². The predicted molar refractivity (Wildman–Crippen MR) is 59.8 cm³/mol. The zero-order valence-electron chi connectivity index (χ0n) is 8.99. The Hall–Kier alpha value is -1.15. The molecule has 0 saturated heterocycles. The molecule has 1 N–H and O–H groups in total. The molecular weight excluding hydrogens is 174 g/mol. The van der Waals surface area contributed by atoms with Gasteiger partial charge in [-0.05, 0) is 26.3 Å². The second-order valence-electron chi connectivity index (χ2n) is 3.75. The van der Waals surface area contributed by atoms with Crippen LogP contribution in [0.15, 0.2) is 35.3 Å². The van der Waals surface area contributed by atoms with Gasteiger partial charge in [0.1, 0.15) is 5.60 Å². The molecule has 1 aromatic rings. The van der Waals surface area contributed by atoms with Gasteiger partial charge in [0.15, 0.2) is 0 Å². The van der Waals surface area contributed by atoms with Crippen LogP contribution in [-0.2, 0) is 0 Å². The standard InChI is InChI=1S/C12H17NO/c1-4-13-11(12(2,3)14)10-8-6-5-7-9-10/h5-9,14H,4H2,1-3H3. The molecule has 1 aromatic carbocycles. The molecule has 0 saturated carbocycles. The van der Waals surface area contributed by atoms with E-state index >= 15 is 0 Å². The van der Waals surface area contributed by atoms with Crippen molar-refractivity contribution in [2.75, 3.05) is 6.54 Å². The molecule has 0 aromatic heterocycles. The van der Waals surface area contributed by atoms with E-state index in [0.29, 0.717) is 6.54 Å². The summed E-state index contributed by atoms with van der Waals surface area (Å²) < 4.78 is 0. The molecular formula is C12H17NO. The molecule has 0 fully saturated rings. The van der Waals surface area contributed by atoms with E-state index in [4.69, 9.17) is 0 Å². The maximum absolute atomic E-state index is 9.93. The van der Waals surface area contributed by atoms with E-state index in [-0.39, 0.29) is 0 Å². The van der Waals surface area contributed by atoms with Crippen LogP contribution in [0.5, 0.6) is 0 Å². The van der Waals surface area contributed by atoms with Crippen LogP contribution in [0.25, 0.3) is 0 Å². The van der Waals surface area contributed by atoms with Crippen LogP contribution in [-0.4, -0.2) is 23.0 Å². The van der Waals surface area contributed by atoms with Crippen molar-refractivity contribution in [1.29, 1.82) is 0 Å². The number of nitrogens with zero attached hydrogens (tertiary/aromatic N) is 1. The predicted octanol–water partition coefficient (Wildman–Crippen LogP) is 2.27. The van der Waals surface area contributed by atoms with E-state index in [0.717, 1.165) is 11.3 Å². The van der Waals surface area contributed by atoms with Crippen molar-refractivity contribution in [1.82, 2.24) is 0 Å². The van der Waals surface area contributed by atoms with Gasteiger partial charge in [-0.15, -0.1) is 0 Å². The molecule has 0 amide bonds. The molecule has 2 heteroatoms. The lowest BCUT2D eigenvalue weighted by atomic mass is 9.96. The van der Waals surface area contributed by atoms with E-state index in [1.165, 1.54) is 0 Å². The van der Waals surface area contributed by atoms with Gasteiger partial charge in [0.2, 0.25) is 0 Å². The van der Waals surface area contributed by atoms with Gasteiger partial charge in [-0.25, -0.2) is 0 Å². The summed E-state index contributed by atoms with van der Waals surface area (Å²) in [5.41, 5.74) is 0.861. The number of rotatable bonds is 3. The fourth-order valence-corrected chi connectivity index (χ4v) is 1.39. The summed E-state index contributed by atoms with van der Waals surface area (Å²) in [5.74, 6) is 0. The Bertz CT molecular complexity index is 309. The lowest BCUT2D eigenvalue weighted by Crippen LogP contribution is -2.32. The van der Waals surface area contributed by atoms with Crippen molar-refractivity contribution < 1.29 is 5.11 Å². The summed E-state index contributed by atoms with van der Waals surface area (Å²) in [5, 5.41) is 9.93. The highest BCUT2D eigenvalue weighted by atomic mass is 16.3. The molecule has 2 nitrogen and oxygen atoms in total. The zero-order valence-corrected chi connectivity index (χ0v) is 8.99. The third-order valence-electron chi connectivity index (χ3n) is 1.94. The third-order valence-corrected chi connectivity index (χ3v) is 1.94. The van der Waals surface area contributed by atoms with Crippen LogP contribution < -0.4 is 0 Å². The SMILES string of the molecule is CCN=C(c1ccccc1)C(C)(C)O. The van der Waals surface area contributed by atoms with Crippen molar-refractivity contribution in [3.63, 3.8) is 0 Å². The highest BCUT2D eigenvalue weighted by Crippen LogP contribution is 2.13. The first-order chi connectivity index (χ1) is 6.55. The molecule has 0 radical (unpaired) electrons. The summed E-state index contributed by atoms with van der Waals surface area (Å²) in [7, 11) is 0. The maximum Gasteiger partial charge on any atom is 0.101 e. The van der Waals surface area contributed by atoms with E-state index in [2.05, 4.69) is 4.99 Å². The molecule has 0 atom stereocenters. The number of benzene rings is 1. The van der Waals surface area contributed by atoms with Crippen LogP contribution in [0.3, 0.4) is 0 Å². The van der Waals surface area contributed by atoms with Gasteiger partial charge in [0.25, 0.3) is 0 Å². The minimum Gasteiger partial charge on any atom is -0.384 e. The van der Waals surface area contributed by atoms with Crippen LogP contribution >= 0.6 is 0 Å². The minimum atomic E-state index is -0.878. The fraction of sp³-hybridized carbons (Fsp3) is 0.417. The molecule has 0 aliphatic carbocycles. The maximum atomic E-state index is 9.93. The third kappa shape index (κ3) is 2.67. The normalized spacial score (nSPS) is 13.0. The van der Waals surface area contributed by atoms with Crippen LogP contribution in [0, 0.1) is 0 Å². The number of aliphatic hydroxyl groups is 1. The molecule has 0 aliphatic heterocycles. The summed E-state index contributed by atoms with van der Waals surface area (Å²) >= 11 is 0. The monoisotopic (exact) mass is 191 g/mol. The molecule has 14 heavy (non-hydrogen) atoms. The fourth-order valence-electron chi connectivity index (χ4n) is 1.39. The van der Waals surface area contributed by atoms with Crippen LogP contribution in [0.1, 0.15) is 26.3 Å². The highest BCUT2D eigenvalue weighted by Gasteiger charge is 2.21. The van der Waals surface area contributed by atoms with Gasteiger partial charge in [0.05, 0.1) is 5.71 Å². The Morgan fingerprint density at radius 2 is 1.86 bits per heavy atom. The van der Waals surface area contributed by atoms with E-state index in [1.807, 2.05) is 37.3 Å². The zero-order chi connectivity index (χ0) is 10.6. The average molecular weight is 191 g/mol. The second-order valence-corrected chi connectivity index (χ2v) is 3.75. The van der Waals surface area contributed by atoms with Gasteiger partial charge < -0.3 is 5.11 Å². The van der Waals surface area contributed by atoms with Gasteiger partial charge in [-0.3, -0.25) is 4.99 Å². The minimum absolute atomic E-state index is 0.689. The van der Waals surface area contributed by atoms with Crippen LogP contribution in [0.2, 0.25) is 0 Å². The van der Waals surface area contributed by atoms with Crippen LogP contribution in [0.4, 0.5) is 0 Å². The Morgan fingerprint density at radius 1 is 1.29 bits per heavy atom. The van der Waals surface area contributed by atoms with E-state index in [9.17, 15) is 5.11 Å². The quantitative estimate of drug-likeness (QED) is 0.730. The topological polar surface area (TPSA) is 32.6 Å². The van der Waals surface area contributed by atoms with Crippen molar-refractivity contribution in [3.05, 3.63) is 35.9 Å².